The van der Waals surface area contributed by atoms with E-state index in [9.17, 15) is 14.4 Å². The van der Waals surface area contributed by atoms with Gasteiger partial charge in [0.15, 0.2) is 0 Å². The topological polar surface area (TPSA) is 66.5 Å². The standard InChI is InChI=1S/C9H4Br2N2O3/c10-4-1-2-5(11)6(3-4)13-8(15)7(14)12-9(13)16/h1-3H,(H,12,14,16). The number of carbonyl (C=O) groups excluding carboxylic acids is 3. The van der Waals surface area contributed by atoms with Crippen LogP contribution in [0.1, 0.15) is 0 Å². The zero-order valence-corrected chi connectivity index (χ0v) is 10.8. The molecule has 0 atom stereocenters. The van der Waals surface area contributed by atoms with Gasteiger partial charge >= 0.3 is 17.8 Å². The summed E-state index contributed by atoms with van der Waals surface area (Å²) in [6.45, 7) is 0. The molecule has 0 bridgehead atoms. The van der Waals surface area contributed by atoms with Crippen molar-refractivity contribution in [1.82, 2.24) is 5.32 Å². The Morgan fingerprint density at radius 2 is 1.81 bits per heavy atom. The Morgan fingerprint density at radius 3 is 2.38 bits per heavy atom. The van der Waals surface area contributed by atoms with Crippen LogP contribution in [0.3, 0.4) is 0 Å². The number of anilines is 1. The number of nitrogens with one attached hydrogen (secondary N) is 1. The fourth-order valence-corrected chi connectivity index (χ4v) is 2.05. The van der Waals surface area contributed by atoms with Gasteiger partial charge in [0.2, 0.25) is 0 Å². The number of rotatable bonds is 1. The minimum absolute atomic E-state index is 0.322. The third-order valence-electron chi connectivity index (χ3n) is 1.97. The molecule has 0 aromatic heterocycles. The molecule has 0 spiro atoms. The van der Waals surface area contributed by atoms with Crippen molar-refractivity contribution in [2.45, 2.75) is 0 Å². The number of nitrogens with zero attached hydrogens (tertiary/aromatic N) is 1. The lowest BCUT2D eigenvalue weighted by atomic mass is 10.3. The van der Waals surface area contributed by atoms with Gasteiger partial charge in [0.25, 0.3) is 0 Å². The lowest BCUT2D eigenvalue weighted by Crippen LogP contribution is -2.31. The number of imide groups is 2. The minimum atomic E-state index is -0.920. The molecule has 1 aliphatic heterocycles. The van der Waals surface area contributed by atoms with Crippen LogP contribution in [0.25, 0.3) is 0 Å². The first-order valence-electron chi connectivity index (χ1n) is 4.15. The van der Waals surface area contributed by atoms with Crippen molar-refractivity contribution in [3.63, 3.8) is 0 Å². The largest absolute Gasteiger partial charge is 0.336 e. The summed E-state index contributed by atoms with van der Waals surface area (Å²) in [6.07, 6.45) is 0. The second kappa shape index (κ2) is 3.99. The maximum atomic E-state index is 11.4. The van der Waals surface area contributed by atoms with Gasteiger partial charge in [-0.1, -0.05) is 15.9 Å². The number of hydrogen-bond donors (Lipinski definition) is 1. The number of amides is 4. The van der Waals surface area contributed by atoms with Crippen LogP contribution in [-0.4, -0.2) is 17.8 Å². The van der Waals surface area contributed by atoms with E-state index in [1.807, 2.05) is 5.32 Å². The number of hydrogen-bond acceptors (Lipinski definition) is 3. The van der Waals surface area contributed by atoms with Crippen molar-refractivity contribution in [3.05, 3.63) is 27.1 Å². The summed E-state index contributed by atoms with van der Waals surface area (Å²) in [5, 5.41) is 1.92. The average molecular weight is 348 g/mol. The van der Waals surface area contributed by atoms with Crippen LogP contribution in [0.15, 0.2) is 27.1 Å². The molecule has 7 heteroatoms. The molecule has 1 aromatic carbocycles. The number of carbonyl (C=O) groups is 3. The van der Waals surface area contributed by atoms with E-state index >= 15 is 0 Å². The number of benzene rings is 1. The maximum absolute atomic E-state index is 11.4. The maximum Gasteiger partial charge on any atom is 0.336 e. The second-order valence-electron chi connectivity index (χ2n) is 3.00. The Kier molecular flexibility index (Phi) is 2.81. The molecule has 2 rings (SSSR count). The predicted molar refractivity (Wildman–Crippen MR) is 62.9 cm³/mol. The molecule has 82 valence electrons. The van der Waals surface area contributed by atoms with Crippen molar-refractivity contribution in [1.29, 1.82) is 0 Å². The summed E-state index contributed by atoms with van der Waals surface area (Å²) in [7, 11) is 0. The van der Waals surface area contributed by atoms with E-state index in [-0.39, 0.29) is 0 Å². The molecule has 1 N–H and O–H groups in total. The van der Waals surface area contributed by atoms with Crippen LogP contribution in [0, 0.1) is 0 Å². The summed E-state index contributed by atoms with van der Waals surface area (Å²) >= 11 is 6.43. The number of halogens is 2. The Bertz CT molecular complexity index is 515. The van der Waals surface area contributed by atoms with Crippen molar-refractivity contribution in [2.75, 3.05) is 4.90 Å². The van der Waals surface area contributed by atoms with Crippen molar-refractivity contribution >= 4 is 55.4 Å². The van der Waals surface area contributed by atoms with E-state index in [1.54, 1.807) is 18.2 Å². The first-order chi connectivity index (χ1) is 7.50. The predicted octanol–water partition coefficient (Wildman–Crippen LogP) is 1.79. The molecule has 1 aliphatic rings. The molecule has 1 saturated heterocycles. The van der Waals surface area contributed by atoms with Gasteiger partial charge in [-0.15, -0.1) is 0 Å². The molecular formula is C9H4Br2N2O3. The molecule has 5 nitrogen and oxygen atoms in total. The summed E-state index contributed by atoms with van der Waals surface area (Å²) < 4.78 is 1.25. The molecule has 1 fully saturated rings. The van der Waals surface area contributed by atoms with E-state index in [1.165, 1.54) is 0 Å². The zero-order valence-electron chi connectivity index (χ0n) is 7.66. The van der Waals surface area contributed by atoms with E-state index in [0.717, 1.165) is 4.90 Å². The molecule has 0 saturated carbocycles. The van der Waals surface area contributed by atoms with E-state index in [4.69, 9.17) is 0 Å². The van der Waals surface area contributed by atoms with E-state index < -0.39 is 17.8 Å². The Hall–Kier alpha value is -1.21. The first-order valence-corrected chi connectivity index (χ1v) is 5.74. The highest BCUT2D eigenvalue weighted by Crippen LogP contribution is 2.30. The fraction of sp³-hybridized carbons (Fsp3) is 0. The number of urea groups is 1. The van der Waals surface area contributed by atoms with Gasteiger partial charge in [0, 0.05) is 8.95 Å². The lowest BCUT2D eigenvalue weighted by molar-refractivity contribution is -0.134. The molecule has 1 heterocycles. The monoisotopic (exact) mass is 346 g/mol. The van der Waals surface area contributed by atoms with E-state index in [2.05, 4.69) is 31.9 Å². The van der Waals surface area contributed by atoms with E-state index in [0.29, 0.717) is 14.6 Å². The van der Waals surface area contributed by atoms with Gasteiger partial charge in [-0.05, 0) is 34.1 Å². The van der Waals surface area contributed by atoms with Crippen LogP contribution in [-0.2, 0) is 9.59 Å². The van der Waals surface area contributed by atoms with Gasteiger partial charge in [-0.3, -0.25) is 14.9 Å². The van der Waals surface area contributed by atoms with Crippen LogP contribution in [0.4, 0.5) is 10.5 Å². The SMILES string of the molecule is O=C1NC(=O)N(c2cc(Br)ccc2Br)C1=O. The minimum Gasteiger partial charge on any atom is -0.269 e. The Morgan fingerprint density at radius 1 is 1.12 bits per heavy atom. The van der Waals surface area contributed by atoms with Gasteiger partial charge in [0.05, 0.1) is 5.69 Å². The zero-order chi connectivity index (χ0) is 11.9. The molecule has 4 amide bonds. The fourth-order valence-electron chi connectivity index (χ4n) is 1.28. The van der Waals surface area contributed by atoms with Crippen LogP contribution in [0.2, 0.25) is 0 Å². The lowest BCUT2D eigenvalue weighted by Gasteiger charge is -2.13. The van der Waals surface area contributed by atoms with Crippen molar-refractivity contribution in [3.8, 4) is 0 Å². The molecule has 0 unspecified atom stereocenters. The molecule has 1 aromatic rings. The summed E-state index contributed by atoms with van der Waals surface area (Å²) in [5.74, 6) is -1.80. The highest BCUT2D eigenvalue weighted by atomic mass is 79.9. The molecule has 0 aliphatic carbocycles. The molecule has 16 heavy (non-hydrogen) atoms. The van der Waals surface area contributed by atoms with Gasteiger partial charge in [-0.25, -0.2) is 9.69 Å². The second-order valence-corrected chi connectivity index (χ2v) is 4.77. The van der Waals surface area contributed by atoms with Crippen LogP contribution in [0.5, 0.6) is 0 Å². The highest BCUT2D eigenvalue weighted by molar-refractivity contribution is 9.11. The van der Waals surface area contributed by atoms with Gasteiger partial charge in [0.1, 0.15) is 0 Å². The Balaban J connectivity index is 2.52. The average Bonchev–Trinajstić information content (AvgIpc) is 2.46. The van der Waals surface area contributed by atoms with Crippen LogP contribution < -0.4 is 10.2 Å². The first kappa shape index (κ1) is 11.3. The summed E-state index contributed by atoms with van der Waals surface area (Å²) in [6, 6.07) is 4.24. The highest BCUT2D eigenvalue weighted by Gasteiger charge is 2.38. The van der Waals surface area contributed by atoms with Crippen LogP contribution >= 0.6 is 31.9 Å². The summed E-state index contributed by atoms with van der Waals surface area (Å²) in [5.41, 5.74) is 0.322. The normalized spacial score (nSPS) is 15.6. The third kappa shape index (κ3) is 1.76. The smallest absolute Gasteiger partial charge is 0.269 e. The van der Waals surface area contributed by atoms with Crippen molar-refractivity contribution in [2.24, 2.45) is 0 Å². The van der Waals surface area contributed by atoms with Crippen molar-refractivity contribution < 1.29 is 14.4 Å². The van der Waals surface area contributed by atoms with Gasteiger partial charge in [-0.2, -0.15) is 0 Å². The molecular weight excluding hydrogens is 344 g/mol. The summed E-state index contributed by atoms with van der Waals surface area (Å²) in [4.78, 5) is 34.6. The quantitative estimate of drug-likeness (QED) is 0.622. The van der Waals surface area contributed by atoms with Gasteiger partial charge < -0.3 is 0 Å². The third-order valence-corrected chi connectivity index (χ3v) is 3.13. The molecule has 0 radical (unpaired) electrons. The Labute approximate surface area is 107 Å².